The molecule has 0 aliphatic carbocycles. The topological polar surface area (TPSA) is 192 Å². The van der Waals surface area contributed by atoms with E-state index in [9.17, 15) is 33.9 Å². The number of hydrogen-bond acceptors (Lipinski definition) is 8. The molecule has 5 aromatic rings. The largest absolute Gasteiger partial charge is 0.508 e. The third-order valence-corrected chi connectivity index (χ3v) is 10.9. The van der Waals surface area contributed by atoms with Gasteiger partial charge in [-0.15, -0.1) is 0 Å². The first-order valence-electron chi connectivity index (χ1n) is 21.6. The molecule has 332 valence electrons. The average Bonchev–Trinajstić information content (AvgIpc) is 3.29. The van der Waals surface area contributed by atoms with Crippen LogP contribution in [0.2, 0.25) is 0 Å². The summed E-state index contributed by atoms with van der Waals surface area (Å²) in [5.41, 5.74) is 3.42. The highest BCUT2D eigenvalue weighted by atomic mass is 16.5. The van der Waals surface area contributed by atoms with E-state index in [2.05, 4.69) is 26.6 Å². The van der Waals surface area contributed by atoms with E-state index in [1.165, 1.54) is 12.1 Å². The number of esters is 1. The van der Waals surface area contributed by atoms with Crippen LogP contribution in [0.25, 0.3) is 0 Å². The molecular formula is C51H55N5O8. The van der Waals surface area contributed by atoms with Crippen molar-refractivity contribution in [3.63, 3.8) is 0 Å². The summed E-state index contributed by atoms with van der Waals surface area (Å²) >= 11 is 0. The highest BCUT2D eigenvalue weighted by Crippen LogP contribution is 2.17. The summed E-state index contributed by atoms with van der Waals surface area (Å²) in [6.07, 6.45) is -1.30. The van der Waals surface area contributed by atoms with Gasteiger partial charge in [-0.2, -0.15) is 0 Å². The number of nitrogens with one attached hydrogen (secondary N) is 5. The third kappa shape index (κ3) is 13.9. The standard InChI is InChI=1S/C51H55N5O8/c1-33(2)27-45-50(62)55-43(31-38-23-25-39(57)26-24-38)48(60)53-41(29-35-17-9-4-10-18-35)46(58)52-40(28-34-15-7-3-8-16-34)47(59)54-42(30-36-19-11-5-12-20-36)49(61)56-44(51(63)64-45)32-37-21-13-6-14-22-37/h3-26,33,40-45,57H,27-32H2,1-2H3,(H,52,58)(H,53,60)(H,54,59)(H,55,62)(H,56,61)/t40-,41-,42-,43+,44-,45-/m0/s1. The number of rotatable bonds is 12. The van der Waals surface area contributed by atoms with Crippen LogP contribution in [0.5, 0.6) is 5.75 Å². The van der Waals surface area contributed by atoms with Crippen molar-refractivity contribution in [3.05, 3.63) is 173 Å². The van der Waals surface area contributed by atoms with Crippen molar-refractivity contribution in [2.75, 3.05) is 0 Å². The third-order valence-electron chi connectivity index (χ3n) is 10.9. The van der Waals surface area contributed by atoms with Gasteiger partial charge in [-0.25, -0.2) is 4.79 Å². The Morgan fingerprint density at radius 1 is 0.406 bits per heavy atom. The Bertz CT molecular complexity index is 2330. The molecule has 1 aliphatic heterocycles. The van der Waals surface area contributed by atoms with Gasteiger partial charge in [0.15, 0.2) is 6.10 Å². The molecule has 1 saturated heterocycles. The van der Waals surface area contributed by atoms with Crippen molar-refractivity contribution in [1.29, 1.82) is 0 Å². The first kappa shape index (κ1) is 46.2. The van der Waals surface area contributed by atoms with Crippen LogP contribution in [0.1, 0.15) is 48.1 Å². The van der Waals surface area contributed by atoms with Crippen molar-refractivity contribution >= 4 is 35.5 Å². The molecule has 1 aliphatic rings. The second-order valence-electron chi connectivity index (χ2n) is 16.5. The maximum atomic E-state index is 14.6. The smallest absolute Gasteiger partial charge is 0.329 e. The molecule has 0 spiro atoms. The second kappa shape index (κ2) is 22.7. The fourth-order valence-electron chi connectivity index (χ4n) is 7.51. The molecule has 0 radical (unpaired) electrons. The van der Waals surface area contributed by atoms with Gasteiger partial charge >= 0.3 is 5.97 Å². The molecular weight excluding hydrogens is 811 g/mol. The maximum Gasteiger partial charge on any atom is 0.329 e. The van der Waals surface area contributed by atoms with Gasteiger partial charge in [0.25, 0.3) is 5.91 Å². The van der Waals surface area contributed by atoms with Crippen molar-refractivity contribution < 1.29 is 38.6 Å². The molecule has 64 heavy (non-hydrogen) atoms. The van der Waals surface area contributed by atoms with Crippen LogP contribution in [-0.2, 0) is 65.6 Å². The van der Waals surface area contributed by atoms with Crippen molar-refractivity contribution in [1.82, 2.24) is 26.6 Å². The van der Waals surface area contributed by atoms with E-state index in [4.69, 9.17) is 4.74 Å². The Balaban J connectivity index is 1.43. The molecule has 13 heteroatoms. The number of phenolic OH excluding ortho intramolecular Hbond substituents is 1. The van der Waals surface area contributed by atoms with E-state index < -0.39 is 71.8 Å². The monoisotopic (exact) mass is 865 g/mol. The summed E-state index contributed by atoms with van der Waals surface area (Å²) in [6.45, 7) is 3.70. The molecule has 6 N–H and O–H groups in total. The molecule has 1 heterocycles. The average molecular weight is 866 g/mol. The Morgan fingerprint density at radius 2 is 0.688 bits per heavy atom. The fraction of sp³-hybridized carbons (Fsp3) is 0.294. The SMILES string of the molecule is CC(C)C[C@@H]1OC(=O)[C@H](Cc2ccccc2)NC(=O)[C@H](Cc2ccccc2)NC(=O)[C@H](Cc2ccccc2)NC(=O)[C@H](Cc2ccccc2)NC(=O)[C@@H](Cc2ccc(O)cc2)NC1=O. The predicted octanol–water partition coefficient (Wildman–Crippen LogP) is 4.30. The zero-order valence-electron chi connectivity index (χ0n) is 35.9. The van der Waals surface area contributed by atoms with Gasteiger partial charge in [0.1, 0.15) is 36.0 Å². The first-order valence-corrected chi connectivity index (χ1v) is 21.6. The molecule has 6 rings (SSSR count). The number of hydrogen-bond donors (Lipinski definition) is 6. The van der Waals surface area contributed by atoms with Gasteiger partial charge in [-0.05, 0) is 52.3 Å². The summed E-state index contributed by atoms with van der Waals surface area (Å²) in [4.78, 5) is 86.9. The zero-order valence-corrected chi connectivity index (χ0v) is 35.9. The summed E-state index contributed by atoms with van der Waals surface area (Å²) in [5, 5.41) is 24.2. The lowest BCUT2D eigenvalue weighted by Crippen LogP contribution is -2.61. The quantitative estimate of drug-likeness (QED) is 0.100. The molecule has 6 atom stereocenters. The molecule has 5 amide bonds. The number of phenols is 1. The van der Waals surface area contributed by atoms with Gasteiger partial charge < -0.3 is 36.4 Å². The molecule has 5 aromatic carbocycles. The summed E-state index contributed by atoms with van der Waals surface area (Å²) in [7, 11) is 0. The van der Waals surface area contributed by atoms with Crippen LogP contribution in [0, 0.1) is 5.92 Å². The zero-order chi connectivity index (χ0) is 45.4. The van der Waals surface area contributed by atoms with E-state index in [1.54, 1.807) is 84.9 Å². The normalized spacial score (nSPS) is 21.5. The van der Waals surface area contributed by atoms with E-state index in [1.807, 2.05) is 62.4 Å². The highest BCUT2D eigenvalue weighted by Gasteiger charge is 2.36. The Labute approximate surface area is 373 Å². The Kier molecular flexibility index (Phi) is 16.4. The van der Waals surface area contributed by atoms with Crippen molar-refractivity contribution in [3.8, 4) is 5.75 Å². The lowest BCUT2D eigenvalue weighted by molar-refractivity contribution is -0.160. The molecule has 0 aromatic heterocycles. The van der Waals surface area contributed by atoms with Gasteiger partial charge in [0, 0.05) is 32.1 Å². The van der Waals surface area contributed by atoms with Gasteiger partial charge in [-0.1, -0.05) is 147 Å². The van der Waals surface area contributed by atoms with Gasteiger partial charge in [0.2, 0.25) is 23.6 Å². The minimum Gasteiger partial charge on any atom is -0.508 e. The maximum absolute atomic E-state index is 14.6. The number of ether oxygens (including phenoxy) is 1. The van der Waals surface area contributed by atoms with Crippen molar-refractivity contribution in [2.24, 2.45) is 5.92 Å². The summed E-state index contributed by atoms with van der Waals surface area (Å²) in [6, 6.07) is 35.9. The Hall–Kier alpha value is -7.28. The van der Waals surface area contributed by atoms with Crippen LogP contribution in [0.3, 0.4) is 0 Å². The van der Waals surface area contributed by atoms with Gasteiger partial charge in [-0.3, -0.25) is 24.0 Å². The first-order chi connectivity index (χ1) is 30.9. The second-order valence-corrected chi connectivity index (χ2v) is 16.5. The molecule has 0 saturated carbocycles. The van der Waals surface area contributed by atoms with Crippen LogP contribution in [0.15, 0.2) is 146 Å². The molecule has 0 bridgehead atoms. The van der Waals surface area contributed by atoms with Crippen LogP contribution >= 0.6 is 0 Å². The number of cyclic esters (lactones) is 1. The Morgan fingerprint density at radius 3 is 1.02 bits per heavy atom. The van der Waals surface area contributed by atoms with Crippen LogP contribution in [0.4, 0.5) is 0 Å². The fourth-order valence-corrected chi connectivity index (χ4v) is 7.51. The van der Waals surface area contributed by atoms with E-state index >= 15 is 0 Å². The molecule has 0 unspecified atom stereocenters. The van der Waals surface area contributed by atoms with Crippen LogP contribution < -0.4 is 26.6 Å². The van der Waals surface area contributed by atoms with Crippen LogP contribution in [-0.4, -0.2) is 76.9 Å². The van der Waals surface area contributed by atoms with Crippen molar-refractivity contribution in [2.45, 2.75) is 88.7 Å². The number of carbonyl (C=O) groups is 6. The van der Waals surface area contributed by atoms with E-state index in [-0.39, 0.29) is 50.2 Å². The summed E-state index contributed by atoms with van der Waals surface area (Å²) < 4.78 is 6.00. The van der Waals surface area contributed by atoms with E-state index in [0.717, 1.165) is 11.1 Å². The highest BCUT2D eigenvalue weighted by molar-refractivity contribution is 5.97. The summed E-state index contributed by atoms with van der Waals surface area (Å²) in [5.74, 6) is -4.54. The van der Waals surface area contributed by atoms with Gasteiger partial charge in [0.05, 0.1) is 0 Å². The lowest BCUT2D eigenvalue weighted by Gasteiger charge is -2.29. The minimum absolute atomic E-state index is 0.00285. The van der Waals surface area contributed by atoms with E-state index in [0.29, 0.717) is 16.7 Å². The lowest BCUT2D eigenvalue weighted by atomic mass is 9.99. The molecule has 13 nitrogen and oxygen atoms in total. The predicted molar refractivity (Wildman–Crippen MR) is 241 cm³/mol. The minimum atomic E-state index is -1.39. The molecule has 1 fully saturated rings. The number of amides is 5. The number of aromatic hydroxyl groups is 1. The number of benzene rings is 5. The number of carbonyl (C=O) groups excluding carboxylic acids is 6.